The highest BCUT2D eigenvalue weighted by atomic mass is 32.2. The molecular formula is C26H32N4O4S. The minimum atomic E-state index is -3.70. The van der Waals surface area contributed by atoms with Crippen molar-refractivity contribution >= 4 is 26.8 Å². The van der Waals surface area contributed by atoms with E-state index in [4.69, 9.17) is 0 Å². The number of aryl methyl sites for hydroxylation is 1. The maximum atomic E-state index is 13.6. The zero-order valence-electron chi connectivity index (χ0n) is 21.2. The third-order valence-electron chi connectivity index (χ3n) is 7.47. The minimum Gasteiger partial charge on any atom is -0.338 e. The summed E-state index contributed by atoms with van der Waals surface area (Å²) < 4.78 is 30.0. The molecule has 1 amide bonds. The van der Waals surface area contributed by atoms with Gasteiger partial charge in [-0.15, -0.1) is 0 Å². The van der Waals surface area contributed by atoms with Crippen LogP contribution in [0.5, 0.6) is 0 Å². The van der Waals surface area contributed by atoms with E-state index in [2.05, 4.69) is 4.98 Å². The van der Waals surface area contributed by atoms with Gasteiger partial charge in [-0.3, -0.25) is 14.2 Å². The van der Waals surface area contributed by atoms with E-state index in [0.717, 1.165) is 27.8 Å². The molecule has 0 unspecified atom stereocenters. The van der Waals surface area contributed by atoms with Gasteiger partial charge < -0.3 is 4.90 Å². The SMILES string of the molecule is Cc1c(C)c(C)c(S(=O)(=O)N2CCN(C(=O)Cn3c(C)nc4ccccc4c3=O)CC2)c(C)c1C. The van der Waals surface area contributed by atoms with Crippen LogP contribution in [-0.2, 0) is 21.4 Å². The Hall–Kier alpha value is -3.04. The molecule has 0 atom stereocenters. The lowest BCUT2D eigenvalue weighted by Crippen LogP contribution is -2.51. The number of fused-ring (bicyclic) bond motifs is 1. The van der Waals surface area contributed by atoms with Crippen molar-refractivity contribution in [2.24, 2.45) is 0 Å². The van der Waals surface area contributed by atoms with E-state index >= 15 is 0 Å². The number of piperazine rings is 1. The number of para-hydroxylation sites is 1. The van der Waals surface area contributed by atoms with Crippen molar-refractivity contribution in [2.45, 2.75) is 53.0 Å². The number of nitrogens with zero attached hydrogens (tertiary/aromatic N) is 4. The van der Waals surface area contributed by atoms with Gasteiger partial charge in [0.2, 0.25) is 15.9 Å². The summed E-state index contributed by atoms with van der Waals surface area (Å²) in [5.41, 5.74) is 5.01. The van der Waals surface area contributed by atoms with Crippen molar-refractivity contribution in [3.63, 3.8) is 0 Å². The molecule has 8 nitrogen and oxygen atoms in total. The molecule has 1 aromatic heterocycles. The van der Waals surface area contributed by atoms with Crippen LogP contribution in [-0.4, -0.2) is 59.3 Å². The lowest BCUT2D eigenvalue weighted by atomic mass is 9.95. The van der Waals surface area contributed by atoms with Crippen LogP contribution in [0, 0.1) is 41.5 Å². The fourth-order valence-corrected chi connectivity index (χ4v) is 6.84. The second kappa shape index (κ2) is 9.20. The molecule has 0 N–H and O–H groups in total. The van der Waals surface area contributed by atoms with Crippen molar-refractivity contribution in [3.05, 3.63) is 68.3 Å². The van der Waals surface area contributed by atoms with Crippen LogP contribution in [0.25, 0.3) is 10.9 Å². The summed E-state index contributed by atoms with van der Waals surface area (Å²) >= 11 is 0. The van der Waals surface area contributed by atoms with E-state index in [1.54, 1.807) is 30.0 Å². The lowest BCUT2D eigenvalue weighted by Gasteiger charge is -2.35. The van der Waals surface area contributed by atoms with Gasteiger partial charge in [0.15, 0.2) is 0 Å². The van der Waals surface area contributed by atoms with E-state index in [9.17, 15) is 18.0 Å². The van der Waals surface area contributed by atoms with Gasteiger partial charge in [0.1, 0.15) is 12.4 Å². The molecule has 0 aliphatic carbocycles. The second-order valence-electron chi connectivity index (χ2n) is 9.31. The van der Waals surface area contributed by atoms with E-state index in [-0.39, 0.29) is 44.2 Å². The Bertz CT molecular complexity index is 1470. The molecule has 0 spiro atoms. The third-order valence-corrected chi connectivity index (χ3v) is 9.64. The number of hydrogen-bond donors (Lipinski definition) is 0. The Balaban J connectivity index is 1.52. The van der Waals surface area contributed by atoms with E-state index in [0.29, 0.717) is 21.6 Å². The zero-order valence-corrected chi connectivity index (χ0v) is 22.0. The maximum absolute atomic E-state index is 13.6. The third kappa shape index (κ3) is 4.27. The summed E-state index contributed by atoms with van der Waals surface area (Å²) in [4.78, 5) is 32.4. The predicted molar refractivity (Wildman–Crippen MR) is 136 cm³/mol. The first-order valence-electron chi connectivity index (χ1n) is 11.8. The molecule has 2 heterocycles. The van der Waals surface area contributed by atoms with Crippen LogP contribution >= 0.6 is 0 Å². The van der Waals surface area contributed by atoms with Gasteiger partial charge in [0, 0.05) is 26.2 Å². The number of benzene rings is 2. The van der Waals surface area contributed by atoms with Gasteiger partial charge in [-0.05, 0) is 81.5 Å². The van der Waals surface area contributed by atoms with Crippen LogP contribution in [0.3, 0.4) is 0 Å². The first kappa shape index (κ1) is 25.1. The number of carbonyl (C=O) groups is 1. The van der Waals surface area contributed by atoms with E-state index in [1.165, 1.54) is 8.87 Å². The molecule has 2 aromatic carbocycles. The molecule has 1 saturated heterocycles. The average Bonchev–Trinajstić information content (AvgIpc) is 2.84. The minimum absolute atomic E-state index is 0.121. The molecule has 1 aliphatic heterocycles. The molecule has 9 heteroatoms. The topological polar surface area (TPSA) is 92.6 Å². The largest absolute Gasteiger partial charge is 0.338 e. The molecule has 1 aliphatic rings. The second-order valence-corrected chi connectivity index (χ2v) is 11.2. The number of amides is 1. The number of rotatable bonds is 4. The Kier molecular flexibility index (Phi) is 6.59. The van der Waals surface area contributed by atoms with Crippen molar-refractivity contribution in [1.29, 1.82) is 0 Å². The Morgan fingerprint density at radius 1 is 0.857 bits per heavy atom. The highest BCUT2D eigenvalue weighted by molar-refractivity contribution is 7.89. The molecule has 4 rings (SSSR count). The van der Waals surface area contributed by atoms with Gasteiger partial charge in [0.05, 0.1) is 15.8 Å². The standard InChI is InChI=1S/C26H32N4O4S/c1-16-17(2)19(4)25(20(5)18(16)3)35(33,34)29-13-11-28(12-14-29)24(31)15-30-21(6)27-23-10-8-7-9-22(23)26(30)32/h7-10H,11-15H2,1-6H3. The summed E-state index contributed by atoms with van der Waals surface area (Å²) in [6.07, 6.45) is 0. The fourth-order valence-electron chi connectivity index (χ4n) is 4.86. The van der Waals surface area contributed by atoms with Crippen LogP contribution < -0.4 is 5.56 Å². The molecular weight excluding hydrogens is 464 g/mol. The number of sulfonamides is 1. The predicted octanol–water partition coefficient (Wildman–Crippen LogP) is 2.78. The Morgan fingerprint density at radius 3 is 2.00 bits per heavy atom. The average molecular weight is 497 g/mol. The quantitative estimate of drug-likeness (QED) is 0.554. The lowest BCUT2D eigenvalue weighted by molar-refractivity contribution is -0.133. The summed E-state index contributed by atoms with van der Waals surface area (Å²) in [6.45, 7) is 12.2. The summed E-state index contributed by atoms with van der Waals surface area (Å²) in [6, 6.07) is 7.07. The summed E-state index contributed by atoms with van der Waals surface area (Å²) in [5.74, 6) is 0.248. The van der Waals surface area contributed by atoms with Gasteiger partial charge in [0.25, 0.3) is 5.56 Å². The van der Waals surface area contributed by atoms with Crippen LogP contribution in [0.4, 0.5) is 0 Å². The molecule has 186 valence electrons. The summed E-state index contributed by atoms with van der Waals surface area (Å²) in [5, 5.41) is 0.469. The van der Waals surface area contributed by atoms with E-state index < -0.39 is 10.0 Å². The maximum Gasteiger partial charge on any atom is 0.261 e. The highest BCUT2D eigenvalue weighted by Gasteiger charge is 2.33. The first-order chi connectivity index (χ1) is 16.4. The highest BCUT2D eigenvalue weighted by Crippen LogP contribution is 2.32. The van der Waals surface area contributed by atoms with Crippen molar-refractivity contribution < 1.29 is 13.2 Å². The van der Waals surface area contributed by atoms with Crippen molar-refractivity contribution in [3.8, 4) is 0 Å². The molecule has 0 radical (unpaired) electrons. The molecule has 1 fully saturated rings. The number of aromatic nitrogens is 2. The zero-order chi connectivity index (χ0) is 25.7. The smallest absolute Gasteiger partial charge is 0.261 e. The Labute approximate surface area is 206 Å². The Morgan fingerprint density at radius 2 is 1.40 bits per heavy atom. The monoisotopic (exact) mass is 496 g/mol. The molecule has 3 aromatic rings. The van der Waals surface area contributed by atoms with Crippen LogP contribution in [0.2, 0.25) is 0 Å². The number of hydrogen-bond acceptors (Lipinski definition) is 5. The summed E-state index contributed by atoms with van der Waals surface area (Å²) in [7, 11) is -3.70. The van der Waals surface area contributed by atoms with Gasteiger partial charge >= 0.3 is 0 Å². The normalized spacial score (nSPS) is 15.1. The van der Waals surface area contributed by atoms with Gasteiger partial charge in [-0.2, -0.15) is 4.31 Å². The molecule has 35 heavy (non-hydrogen) atoms. The molecule has 0 bridgehead atoms. The first-order valence-corrected chi connectivity index (χ1v) is 13.2. The molecule has 0 saturated carbocycles. The van der Waals surface area contributed by atoms with Crippen molar-refractivity contribution in [2.75, 3.05) is 26.2 Å². The number of carbonyl (C=O) groups excluding carboxylic acids is 1. The van der Waals surface area contributed by atoms with Crippen LogP contribution in [0.1, 0.15) is 33.6 Å². The van der Waals surface area contributed by atoms with Crippen LogP contribution in [0.15, 0.2) is 34.0 Å². The fraction of sp³-hybridized carbons (Fsp3) is 0.423. The van der Waals surface area contributed by atoms with E-state index in [1.807, 2.05) is 40.7 Å². The van der Waals surface area contributed by atoms with Gasteiger partial charge in [-0.25, -0.2) is 13.4 Å². The van der Waals surface area contributed by atoms with Gasteiger partial charge in [-0.1, -0.05) is 12.1 Å². The van der Waals surface area contributed by atoms with Crippen molar-refractivity contribution in [1.82, 2.24) is 18.8 Å².